The number of aryl methyl sites for hydroxylation is 3. The first-order valence-corrected chi connectivity index (χ1v) is 13.4. The number of carbonyl (C=O) groups excluding carboxylic acids is 2. The molecule has 4 aromatic rings. The summed E-state index contributed by atoms with van der Waals surface area (Å²) in [6, 6.07) is 23.5. The molecule has 1 amide bonds. The Hall–Kier alpha value is -4.23. The van der Waals surface area contributed by atoms with Crippen LogP contribution in [0.5, 0.6) is 0 Å². The van der Waals surface area contributed by atoms with E-state index in [-0.39, 0.29) is 0 Å². The topological polar surface area (TPSA) is 76.5 Å². The molecule has 5 rings (SSSR count). The number of Topliss-reactive ketones (excluding diaryl/α,β-unsaturated/α-hetero) is 1. The van der Waals surface area contributed by atoms with E-state index in [1.54, 1.807) is 0 Å². The Balaban J connectivity index is 1.22. The highest BCUT2D eigenvalue weighted by molar-refractivity contribution is 6.47. The number of ether oxygens (including phenoxy) is 1. The lowest BCUT2D eigenvalue weighted by Crippen LogP contribution is -2.28. The molecule has 0 radical (unpaired) electrons. The third-order valence-electron chi connectivity index (χ3n) is 7.04. The van der Waals surface area contributed by atoms with Crippen LogP contribution in [0.25, 0.3) is 11.1 Å². The van der Waals surface area contributed by atoms with Crippen molar-refractivity contribution < 1.29 is 14.3 Å². The zero-order valence-corrected chi connectivity index (χ0v) is 22.7. The fourth-order valence-corrected chi connectivity index (χ4v) is 5.09. The number of nitrogens with zero attached hydrogens (tertiary/aromatic N) is 3. The minimum atomic E-state index is -0.644. The van der Waals surface area contributed by atoms with E-state index in [1.807, 2.05) is 72.2 Å². The van der Waals surface area contributed by atoms with Gasteiger partial charge in [0.25, 0.3) is 11.7 Å². The zero-order chi connectivity index (χ0) is 27.4. The number of fused-ring (bicyclic) bond motifs is 1. The molecule has 2 aromatic heterocycles. The lowest BCUT2D eigenvalue weighted by Gasteiger charge is -2.19. The van der Waals surface area contributed by atoms with Crippen molar-refractivity contribution in [2.24, 2.45) is 0 Å². The van der Waals surface area contributed by atoms with Crippen molar-refractivity contribution in [2.75, 3.05) is 30.4 Å². The van der Waals surface area contributed by atoms with Crippen LogP contribution in [-0.4, -0.2) is 41.4 Å². The summed E-state index contributed by atoms with van der Waals surface area (Å²) < 4.78 is 7.50. The molecule has 0 bridgehead atoms. The molecule has 0 atom stereocenters. The molecular weight excluding hydrogens is 488 g/mol. The first kappa shape index (κ1) is 26.4. The molecule has 0 fully saturated rings. The van der Waals surface area contributed by atoms with E-state index in [0.717, 1.165) is 47.7 Å². The van der Waals surface area contributed by atoms with Crippen molar-refractivity contribution in [2.45, 2.75) is 39.8 Å². The number of carbonyl (C=O) groups is 2. The van der Waals surface area contributed by atoms with Crippen LogP contribution in [-0.2, 0) is 29.1 Å². The summed E-state index contributed by atoms with van der Waals surface area (Å²) in [5.41, 5.74) is 6.98. The van der Waals surface area contributed by atoms with Gasteiger partial charge in [0.15, 0.2) is 0 Å². The third kappa shape index (κ3) is 6.10. The highest BCUT2D eigenvalue weighted by Gasteiger charge is 2.28. The van der Waals surface area contributed by atoms with Gasteiger partial charge in [-0.05, 0) is 73.7 Å². The predicted molar refractivity (Wildman–Crippen MR) is 154 cm³/mol. The average Bonchev–Trinajstić information content (AvgIpc) is 3.33. The van der Waals surface area contributed by atoms with Crippen LogP contribution in [0.2, 0.25) is 0 Å². The molecule has 1 N–H and O–H groups in total. The summed E-state index contributed by atoms with van der Waals surface area (Å²) >= 11 is 0. The normalized spacial score (nSPS) is 12.6. The summed E-state index contributed by atoms with van der Waals surface area (Å²) in [6.07, 6.45) is 1.88. The Morgan fingerprint density at radius 3 is 2.54 bits per heavy atom. The van der Waals surface area contributed by atoms with Crippen LogP contribution in [0.4, 0.5) is 11.5 Å². The molecule has 200 valence electrons. The van der Waals surface area contributed by atoms with Gasteiger partial charge in [-0.3, -0.25) is 9.59 Å². The molecule has 7 heteroatoms. The number of rotatable bonds is 9. The first-order chi connectivity index (χ1) is 18.9. The Labute approximate surface area is 229 Å². The van der Waals surface area contributed by atoms with Crippen LogP contribution >= 0.6 is 0 Å². The lowest BCUT2D eigenvalue weighted by atomic mass is 10.0. The maximum Gasteiger partial charge on any atom is 0.298 e. The van der Waals surface area contributed by atoms with Crippen LogP contribution in [0.15, 0.2) is 72.8 Å². The van der Waals surface area contributed by atoms with Gasteiger partial charge in [-0.1, -0.05) is 42.5 Å². The van der Waals surface area contributed by atoms with Crippen LogP contribution in [0, 0.1) is 13.8 Å². The van der Waals surface area contributed by atoms with Gasteiger partial charge in [-0.15, -0.1) is 0 Å². The third-order valence-corrected chi connectivity index (χ3v) is 7.04. The molecule has 39 heavy (non-hydrogen) atoms. The van der Waals surface area contributed by atoms with E-state index >= 15 is 0 Å². The molecule has 1 aliphatic rings. The van der Waals surface area contributed by atoms with Gasteiger partial charge in [-0.25, -0.2) is 4.98 Å². The highest BCUT2D eigenvalue weighted by atomic mass is 16.5. The van der Waals surface area contributed by atoms with Crippen molar-refractivity contribution >= 4 is 23.2 Å². The van der Waals surface area contributed by atoms with Gasteiger partial charge in [0.1, 0.15) is 11.5 Å². The number of hydrogen-bond donors (Lipinski definition) is 1. The first-order valence-electron chi connectivity index (χ1n) is 13.4. The minimum absolute atomic E-state index is 0.413. The number of benzene rings is 2. The van der Waals surface area contributed by atoms with E-state index < -0.39 is 11.7 Å². The number of ketones is 1. The van der Waals surface area contributed by atoms with Gasteiger partial charge in [0, 0.05) is 42.8 Å². The van der Waals surface area contributed by atoms with Crippen molar-refractivity contribution in [3.05, 3.63) is 101 Å². The van der Waals surface area contributed by atoms with E-state index in [2.05, 4.69) is 41.3 Å². The largest absolute Gasteiger partial charge is 0.373 e. The Kier molecular flexibility index (Phi) is 7.89. The number of pyridine rings is 1. The van der Waals surface area contributed by atoms with E-state index in [0.29, 0.717) is 31.1 Å². The second-order valence-electron chi connectivity index (χ2n) is 10.1. The quantitative estimate of drug-likeness (QED) is 0.229. The van der Waals surface area contributed by atoms with Gasteiger partial charge < -0.3 is 19.5 Å². The van der Waals surface area contributed by atoms with Crippen molar-refractivity contribution in [1.82, 2.24) is 9.55 Å². The van der Waals surface area contributed by atoms with Crippen LogP contribution in [0.3, 0.4) is 0 Å². The minimum Gasteiger partial charge on any atom is -0.373 e. The number of amides is 1. The Morgan fingerprint density at radius 1 is 1.03 bits per heavy atom. The molecule has 1 aliphatic heterocycles. The summed E-state index contributed by atoms with van der Waals surface area (Å²) in [5, 5.41) is 2.80. The van der Waals surface area contributed by atoms with Crippen LogP contribution in [0.1, 0.15) is 39.4 Å². The van der Waals surface area contributed by atoms with Gasteiger partial charge >= 0.3 is 0 Å². The molecule has 2 aromatic carbocycles. The monoisotopic (exact) mass is 522 g/mol. The number of hydrogen-bond acceptors (Lipinski definition) is 5. The molecule has 0 spiro atoms. The Bertz CT molecular complexity index is 1460. The van der Waals surface area contributed by atoms with Crippen molar-refractivity contribution in [3.63, 3.8) is 0 Å². The van der Waals surface area contributed by atoms with Crippen molar-refractivity contribution in [1.29, 1.82) is 0 Å². The summed E-state index contributed by atoms with van der Waals surface area (Å²) in [4.78, 5) is 33.3. The molecule has 7 nitrogen and oxygen atoms in total. The smallest absolute Gasteiger partial charge is 0.298 e. The van der Waals surface area contributed by atoms with Crippen molar-refractivity contribution in [3.8, 4) is 11.1 Å². The predicted octanol–water partition coefficient (Wildman–Crippen LogP) is 5.59. The number of nitrogens with one attached hydrogen (secondary N) is 1. The summed E-state index contributed by atoms with van der Waals surface area (Å²) in [5.74, 6) is -0.202. The molecule has 0 unspecified atom stereocenters. The highest BCUT2D eigenvalue weighted by Crippen LogP contribution is 2.30. The maximum absolute atomic E-state index is 13.4. The Morgan fingerprint density at radius 2 is 1.79 bits per heavy atom. The SMILES string of the molecule is Cc1cc(C)nc(N(C)CCCc2ccc(NC(=O)C(=O)c3c(-c4ccccc4)cc4n3CCOC4)cc2)c1. The summed E-state index contributed by atoms with van der Waals surface area (Å²) in [7, 11) is 2.06. The number of aromatic nitrogens is 2. The van der Waals surface area contributed by atoms with E-state index in [9.17, 15) is 9.59 Å². The fourth-order valence-electron chi connectivity index (χ4n) is 5.09. The molecule has 3 heterocycles. The number of anilines is 2. The van der Waals surface area contributed by atoms with E-state index in [1.165, 1.54) is 11.1 Å². The molecular formula is C32H34N4O3. The standard InChI is InChI=1S/C32H34N4O3/c1-22-18-23(2)33-29(19-22)35(3)15-7-8-24-11-13-26(14-12-24)34-32(38)31(37)30-28(25-9-5-4-6-10-25)20-27-21-39-17-16-36(27)30/h4-6,9-14,18-20H,7-8,15-17,21H2,1-3H3,(H,34,38). The van der Waals surface area contributed by atoms with Gasteiger partial charge in [-0.2, -0.15) is 0 Å². The second kappa shape index (κ2) is 11.7. The summed E-state index contributed by atoms with van der Waals surface area (Å²) in [6.45, 7) is 6.47. The zero-order valence-electron chi connectivity index (χ0n) is 22.7. The average molecular weight is 523 g/mol. The van der Waals surface area contributed by atoms with E-state index in [4.69, 9.17) is 4.74 Å². The molecule has 0 saturated heterocycles. The maximum atomic E-state index is 13.4. The van der Waals surface area contributed by atoms with Crippen LogP contribution < -0.4 is 10.2 Å². The lowest BCUT2D eigenvalue weighted by molar-refractivity contribution is -0.112. The molecule has 0 saturated carbocycles. The van der Waals surface area contributed by atoms with Gasteiger partial charge in [0.05, 0.1) is 13.2 Å². The van der Waals surface area contributed by atoms with Gasteiger partial charge in [0.2, 0.25) is 0 Å². The molecule has 0 aliphatic carbocycles. The fraction of sp³-hybridized carbons (Fsp3) is 0.281. The second-order valence-corrected chi connectivity index (χ2v) is 10.1.